The van der Waals surface area contributed by atoms with Crippen LogP contribution in [-0.4, -0.2) is 37.9 Å². The third kappa shape index (κ3) is 44.6. The van der Waals surface area contributed by atoms with Crippen LogP contribution in [-0.2, 0) is 23.8 Å². The molecule has 0 saturated heterocycles. The predicted molar refractivity (Wildman–Crippen MR) is 242 cm³/mol. The summed E-state index contributed by atoms with van der Waals surface area (Å²) in [7, 11) is 0. The maximum Gasteiger partial charge on any atom is 0.306 e. The summed E-state index contributed by atoms with van der Waals surface area (Å²) in [5, 5.41) is 0. The van der Waals surface area contributed by atoms with Crippen LogP contribution in [0.2, 0.25) is 0 Å². The van der Waals surface area contributed by atoms with Crippen LogP contribution in [0.15, 0.2) is 48.6 Å². The summed E-state index contributed by atoms with van der Waals surface area (Å²) >= 11 is 0. The number of hydrogen-bond donors (Lipinski definition) is 0. The molecule has 0 fully saturated rings. The van der Waals surface area contributed by atoms with Crippen molar-refractivity contribution in [2.24, 2.45) is 0 Å². The largest absolute Gasteiger partial charge is 0.462 e. The normalized spacial score (nSPS) is 12.6. The average Bonchev–Trinajstić information content (AvgIpc) is 3.20. The molecule has 5 heteroatoms. The Morgan fingerprint density at radius 3 is 1.32 bits per heavy atom. The second-order valence-electron chi connectivity index (χ2n) is 16.0. The van der Waals surface area contributed by atoms with Gasteiger partial charge in [0.25, 0.3) is 0 Å². The highest BCUT2D eigenvalue weighted by Crippen LogP contribution is 2.13. The molecule has 0 N–H and O–H groups in total. The summed E-state index contributed by atoms with van der Waals surface area (Å²) in [5.74, 6) is -0.420. The first kappa shape index (κ1) is 53.9. The van der Waals surface area contributed by atoms with Gasteiger partial charge in [-0.2, -0.15) is 0 Å². The van der Waals surface area contributed by atoms with Crippen molar-refractivity contribution in [3.8, 4) is 0 Å². The molecule has 326 valence electrons. The Labute approximate surface area is 348 Å². The van der Waals surface area contributed by atoms with Gasteiger partial charge in [0, 0.05) is 19.4 Å². The Morgan fingerprint density at radius 1 is 0.393 bits per heavy atom. The predicted octanol–water partition coefficient (Wildman–Crippen LogP) is 16.0. The van der Waals surface area contributed by atoms with Gasteiger partial charge in [-0.05, 0) is 89.9 Å². The van der Waals surface area contributed by atoms with E-state index in [2.05, 4.69) is 69.4 Å². The van der Waals surface area contributed by atoms with E-state index in [9.17, 15) is 9.59 Å². The molecule has 5 nitrogen and oxygen atoms in total. The lowest BCUT2D eigenvalue weighted by Crippen LogP contribution is -2.30. The average molecular weight is 785 g/mol. The van der Waals surface area contributed by atoms with E-state index in [-0.39, 0.29) is 25.2 Å². The zero-order chi connectivity index (χ0) is 40.7. The standard InChI is InChI=1S/C51H92O5/c1-4-7-10-13-16-19-22-24-26-27-30-32-35-38-41-44-50(52)55-48-49(56-51(53)45-42-39-36-33-29-21-18-15-12-9-6-3)47-54-46-43-40-37-34-31-28-25-23-20-17-14-11-8-5-2/h11,14-15,18,20,23-24,26,49H,4-10,12-13,16-17,19,21-22,25,27-48H2,1-3H3/b14-11-,18-15-,23-20-,26-24-. The van der Waals surface area contributed by atoms with Crippen molar-refractivity contribution in [1.82, 2.24) is 0 Å². The fourth-order valence-corrected chi connectivity index (χ4v) is 6.64. The molecular formula is C51H92O5. The minimum absolute atomic E-state index is 0.0743. The van der Waals surface area contributed by atoms with Crippen LogP contribution in [0.3, 0.4) is 0 Å². The highest BCUT2D eigenvalue weighted by Gasteiger charge is 2.17. The van der Waals surface area contributed by atoms with Crippen molar-refractivity contribution < 1.29 is 23.8 Å². The number of carbonyl (C=O) groups is 2. The van der Waals surface area contributed by atoms with Crippen molar-refractivity contribution in [1.29, 1.82) is 0 Å². The molecule has 56 heavy (non-hydrogen) atoms. The minimum Gasteiger partial charge on any atom is -0.462 e. The van der Waals surface area contributed by atoms with Gasteiger partial charge in [-0.3, -0.25) is 9.59 Å². The summed E-state index contributed by atoms with van der Waals surface area (Å²) in [6, 6.07) is 0. The van der Waals surface area contributed by atoms with Crippen molar-refractivity contribution in [3.63, 3.8) is 0 Å². The number of unbranched alkanes of at least 4 members (excludes halogenated alkanes) is 25. The van der Waals surface area contributed by atoms with E-state index in [0.29, 0.717) is 19.4 Å². The molecule has 0 aromatic rings. The van der Waals surface area contributed by atoms with Crippen LogP contribution in [0.5, 0.6) is 0 Å². The van der Waals surface area contributed by atoms with Gasteiger partial charge in [0.2, 0.25) is 0 Å². The quantitative estimate of drug-likeness (QED) is 0.0350. The Bertz CT molecular complexity index is 935. The van der Waals surface area contributed by atoms with Crippen LogP contribution in [0, 0.1) is 0 Å². The van der Waals surface area contributed by atoms with Gasteiger partial charge in [-0.1, -0.05) is 185 Å². The summed E-state index contributed by atoms with van der Waals surface area (Å²) in [5.41, 5.74) is 0. The van der Waals surface area contributed by atoms with Crippen LogP contribution in [0.1, 0.15) is 239 Å². The molecule has 0 aliphatic heterocycles. The fourth-order valence-electron chi connectivity index (χ4n) is 6.64. The van der Waals surface area contributed by atoms with E-state index in [1.54, 1.807) is 0 Å². The molecule has 0 saturated carbocycles. The van der Waals surface area contributed by atoms with E-state index in [1.165, 1.54) is 135 Å². The van der Waals surface area contributed by atoms with Crippen molar-refractivity contribution in [2.75, 3.05) is 19.8 Å². The second kappa shape index (κ2) is 47.2. The number of allylic oxidation sites excluding steroid dienone is 8. The SMILES string of the molecule is CCC/C=C\C/C=C\CCCCCCCCOCC(COC(=O)CCCCCCC/C=C\CCCCCCCC)OC(=O)CCCCCCC/C=C\CCCC. The van der Waals surface area contributed by atoms with E-state index < -0.39 is 6.10 Å². The van der Waals surface area contributed by atoms with E-state index in [1.807, 2.05) is 0 Å². The summed E-state index contributed by atoms with van der Waals surface area (Å²) in [6.07, 6.45) is 56.8. The van der Waals surface area contributed by atoms with E-state index >= 15 is 0 Å². The summed E-state index contributed by atoms with van der Waals surface area (Å²) < 4.78 is 17.3. The van der Waals surface area contributed by atoms with Crippen LogP contribution in [0.4, 0.5) is 0 Å². The zero-order valence-electron chi connectivity index (χ0n) is 37.4. The smallest absolute Gasteiger partial charge is 0.306 e. The highest BCUT2D eigenvalue weighted by molar-refractivity contribution is 5.70. The third-order valence-electron chi connectivity index (χ3n) is 10.3. The Balaban J connectivity index is 4.27. The van der Waals surface area contributed by atoms with Crippen LogP contribution >= 0.6 is 0 Å². The van der Waals surface area contributed by atoms with Gasteiger partial charge in [0.15, 0.2) is 6.10 Å². The van der Waals surface area contributed by atoms with E-state index in [0.717, 1.165) is 70.6 Å². The fraction of sp³-hybridized carbons (Fsp3) is 0.804. The molecule has 0 aliphatic rings. The molecule has 0 aromatic heterocycles. The molecule has 0 spiro atoms. The van der Waals surface area contributed by atoms with Crippen molar-refractivity contribution in [2.45, 2.75) is 245 Å². The monoisotopic (exact) mass is 785 g/mol. The van der Waals surface area contributed by atoms with Crippen LogP contribution < -0.4 is 0 Å². The molecule has 0 amide bonds. The van der Waals surface area contributed by atoms with Crippen molar-refractivity contribution in [3.05, 3.63) is 48.6 Å². The van der Waals surface area contributed by atoms with Gasteiger partial charge < -0.3 is 14.2 Å². The molecule has 0 heterocycles. The molecule has 0 aromatic carbocycles. The topological polar surface area (TPSA) is 61.8 Å². The molecule has 1 atom stereocenters. The molecule has 0 bridgehead atoms. The maximum atomic E-state index is 12.7. The lowest BCUT2D eigenvalue weighted by molar-refractivity contribution is -0.163. The number of carbonyl (C=O) groups excluding carboxylic acids is 2. The van der Waals surface area contributed by atoms with Gasteiger partial charge >= 0.3 is 11.9 Å². The molecule has 0 aliphatic carbocycles. The highest BCUT2D eigenvalue weighted by atomic mass is 16.6. The maximum absolute atomic E-state index is 12.7. The number of esters is 2. The summed E-state index contributed by atoms with van der Waals surface area (Å²) in [6.45, 7) is 7.70. The first-order chi connectivity index (χ1) is 27.6. The first-order valence-corrected chi connectivity index (χ1v) is 24.2. The molecule has 1 unspecified atom stereocenters. The minimum atomic E-state index is -0.546. The zero-order valence-corrected chi connectivity index (χ0v) is 37.4. The lowest BCUT2D eigenvalue weighted by Gasteiger charge is -2.18. The number of hydrogen-bond acceptors (Lipinski definition) is 5. The number of ether oxygens (including phenoxy) is 3. The van der Waals surface area contributed by atoms with Gasteiger partial charge in [0.1, 0.15) is 6.61 Å². The van der Waals surface area contributed by atoms with Gasteiger partial charge in [0.05, 0.1) is 6.61 Å². The van der Waals surface area contributed by atoms with Crippen LogP contribution in [0.25, 0.3) is 0 Å². The molecule has 0 radical (unpaired) electrons. The van der Waals surface area contributed by atoms with Crippen molar-refractivity contribution >= 4 is 11.9 Å². The third-order valence-corrected chi connectivity index (χ3v) is 10.3. The Morgan fingerprint density at radius 2 is 0.804 bits per heavy atom. The molecular weight excluding hydrogens is 693 g/mol. The van der Waals surface area contributed by atoms with Gasteiger partial charge in [-0.15, -0.1) is 0 Å². The first-order valence-electron chi connectivity index (χ1n) is 24.2. The second-order valence-corrected chi connectivity index (χ2v) is 16.0. The lowest BCUT2D eigenvalue weighted by atomic mass is 10.1. The molecule has 0 rings (SSSR count). The van der Waals surface area contributed by atoms with Gasteiger partial charge in [-0.25, -0.2) is 0 Å². The number of rotatable bonds is 44. The Kier molecular flexibility index (Phi) is 45.4. The van der Waals surface area contributed by atoms with E-state index in [4.69, 9.17) is 14.2 Å². The summed E-state index contributed by atoms with van der Waals surface area (Å²) in [4.78, 5) is 25.3. The Hall–Kier alpha value is -2.14.